The van der Waals surface area contributed by atoms with Crippen molar-refractivity contribution in [2.45, 2.75) is 31.5 Å². The van der Waals surface area contributed by atoms with Crippen LogP contribution in [0.1, 0.15) is 30.4 Å². The summed E-state index contributed by atoms with van der Waals surface area (Å²) >= 11 is 0. The highest BCUT2D eigenvalue weighted by Gasteiger charge is 2.39. The number of halogens is 3. The molecule has 1 aliphatic heterocycles. The molecule has 1 aliphatic rings. The molecule has 0 amide bonds. The fraction of sp³-hybridized carbons (Fsp3) is 0.625. The summed E-state index contributed by atoms with van der Waals surface area (Å²) in [6.07, 6.45) is -3.84. The van der Waals surface area contributed by atoms with Gasteiger partial charge in [0.15, 0.2) is 0 Å². The first kappa shape index (κ1) is 10.9. The van der Waals surface area contributed by atoms with Crippen molar-refractivity contribution in [2.24, 2.45) is 0 Å². The van der Waals surface area contributed by atoms with Crippen molar-refractivity contribution in [3.63, 3.8) is 0 Å². The molecule has 0 bridgehead atoms. The highest BCUT2D eigenvalue weighted by molar-refractivity contribution is 5.75. The molecule has 16 heavy (non-hydrogen) atoms. The van der Waals surface area contributed by atoms with E-state index in [2.05, 4.69) is 10.1 Å². The number of nitrogens with zero attached hydrogens (tertiary/aromatic N) is 3. The maximum Gasteiger partial charge on any atom is 0.453 e. The Kier molecular flexibility index (Phi) is 2.36. The van der Waals surface area contributed by atoms with Crippen LogP contribution in [-0.2, 0) is 17.5 Å². The fourth-order valence-electron chi connectivity index (χ4n) is 1.70. The average molecular weight is 235 g/mol. The van der Waals surface area contributed by atoms with Gasteiger partial charge in [-0.3, -0.25) is 4.79 Å². The number of alkyl halides is 3. The van der Waals surface area contributed by atoms with Gasteiger partial charge in [-0.1, -0.05) is 0 Å². The van der Waals surface area contributed by atoms with Crippen molar-refractivity contribution < 1.29 is 23.1 Å². The third kappa shape index (κ3) is 1.74. The molecule has 5 nitrogen and oxygen atoms in total. The molecule has 8 heteroatoms. The summed E-state index contributed by atoms with van der Waals surface area (Å²) in [4.78, 5) is 14.1. The highest BCUT2D eigenvalue weighted by Crippen LogP contribution is 2.31. The first-order chi connectivity index (χ1) is 7.39. The summed E-state index contributed by atoms with van der Waals surface area (Å²) in [5.74, 6) is -3.53. The van der Waals surface area contributed by atoms with E-state index >= 15 is 0 Å². The topological polar surface area (TPSA) is 68.0 Å². The molecule has 0 saturated heterocycles. The normalized spacial score (nSPS) is 20.6. The maximum absolute atomic E-state index is 12.3. The van der Waals surface area contributed by atoms with Crippen LogP contribution in [0.15, 0.2) is 0 Å². The van der Waals surface area contributed by atoms with Crippen LogP contribution in [0.3, 0.4) is 0 Å². The number of hydrogen-bond acceptors (Lipinski definition) is 3. The van der Waals surface area contributed by atoms with Crippen molar-refractivity contribution in [1.29, 1.82) is 0 Å². The molecule has 0 spiro atoms. The largest absolute Gasteiger partial charge is 0.481 e. The zero-order valence-electron chi connectivity index (χ0n) is 8.03. The minimum absolute atomic E-state index is 0.105. The molecular weight excluding hydrogens is 227 g/mol. The van der Waals surface area contributed by atoms with E-state index in [1.807, 2.05) is 0 Å². The summed E-state index contributed by atoms with van der Waals surface area (Å²) in [7, 11) is 0. The lowest BCUT2D eigenvalue weighted by Crippen LogP contribution is -2.22. The predicted octanol–water partition coefficient (Wildman–Crippen LogP) is 1.26. The lowest BCUT2D eigenvalue weighted by Gasteiger charge is -2.17. The van der Waals surface area contributed by atoms with Crippen LogP contribution in [0.4, 0.5) is 13.2 Å². The Balaban J connectivity index is 2.42. The van der Waals surface area contributed by atoms with Gasteiger partial charge in [0.25, 0.3) is 5.82 Å². The number of carbonyl (C=O) groups is 1. The van der Waals surface area contributed by atoms with Gasteiger partial charge in [-0.2, -0.15) is 13.2 Å². The van der Waals surface area contributed by atoms with Gasteiger partial charge in [-0.25, -0.2) is 9.67 Å². The Morgan fingerprint density at radius 2 is 2.19 bits per heavy atom. The second-order valence-electron chi connectivity index (χ2n) is 3.55. The standard InChI is InChI=1S/C8H8F3N3O2/c9-8(10,11)7-12-5-4(6(15)16)2-1-3-14(5)13-7/h4H,1-3H2,(H,15,16). The SMILES string of the molecule is O=C(O)C1CCCn2nc(C(F)(F)F)nc21. The molecule has 1 unspecified atom stereocenters. The van der Waals surface area contributed by atoms with Gasteiger partial charge in [0.05, 0.1) is 0 Å². The second kappa shape index (κ2) is 3.46. The number of carboxylic acid groups (broad SMARTS) is 1. The number of hydrogen-bond donors (Lipinski definition) is 1. The van der Waals surface area contributed by atoms with Crippen molar-refractivity contribution in [3.8, 4) is 0 Å². The monoisotopic (exact) mass is 235 g/mol. The Morgan fingerprint density at radius 3 is 2.75 bits per heavy atom. The number of aromatic nitrogens is 3. The Morgan fingerprint density at radius 1 is 1.50 bits per heavy atom. The Bertz CT molecular complexity index is 427. The number of aryl methyl sites for hydroxylation is 1. The van der Waals surface area contributed by atoms with Crippen LogP contribution >= 0.6 is 0 Å². The van der Waals surface area contributed by atoms with Gasteiger partial charge < -0.3 is 5.11 Å². The van der Waals surface area contributed by atoms with Crippen molar-refractivity contribution in [1.82, 2.24) is 14.8 Å². The maximum atomic E-state index is 12.3. The number of fused-ring (bicyclic) bond motifs is 1. The molecule has 0 aromatic carbocycles. The molecule has 2 heterocycles. The smallest absolute Gasteiger partial charge is 0.453 e. The van der Waals surface area contributed by atoms with E-state index < -0.39 is 23.9 Å². The van der Waals surface area contributed by atoms with E-state index in [1.165, 1.54) is 0 Å². The van der Waals surface area contributed by atoms with E-state index in [1.54, 1.807) is 0 Å². The first-order valence-corrected chi connectivity index (χ1v) is 4.64. The van der Waals surface area contributed by atoms with Crippen molar-refractivity contribution in [3.05, 3.63) is 11.6 Å². The van der Waals surface area contributed by atoms with Gasteiger partial charge in [0.2, 0.25) is 0 Å². The molecular formula is C8H8F3N3O2. The molecule has 1 aromatic rings. The van der Waals surface area contributed by atoms with Crippen LogP contribution < -0.4 is 0 Å². The number of aliphatic carboxylic acids is 1. The van der Waals surface area contributed by atoms with Gasteiger partial charge in [-0.05, 0) is 12.8 Å². The minimum Gasteiger partial charge on any atom is -0.481 e. The van der Waals surface area contributed by atoms with Gasteiger partial charge in [-0.15, -0.1) is 5.10 Å². The van der Waals surface area contributed by atoms with Gasteiger partial charge in [0, 0.05) is 6.54 Å². The lowest BCUT2D eigenvalue weighted by molar-refractivity contribution is -0.145. The Hall–Kier alpha value is -1.60. The van der Waals surface area contributed by atoms with Crippen LogP contribution in [0, 0.1) is 0 Å². The van der Waals surface area contributed by atoms with Crippen LogP contribution in [-0.4, -0.2) is 25.8 Å². The van der Waals surface area contributed by atoms with Crippen LogP contribution in [0.25, 0.3) is 0 Å². The molecule has 0 fully saturated rings. The van der Waals surface area contributed by atoms with Crippen LogP contribution in [0.2, 0.25) is 0 Å². The van der Waals surface area contributed by atoms with Crippen LogP contribution in [0.5, 0.6) is 0 Å². The first-order valence-electron chi connectivity index (χ1n) is 4.64. The molecule has 1 atom stereocenters. The summed E-state index contributed by atoms with van der Waals surface area (Å²) in [6, 6.07) is 0. The van der Waals surface area contributed by atoms with E-state index in [0.29, 0.717) is 12.8 Å². The summed E-state index contributed by atoms with van der Waals surface area (Å²) in [5.41, 5.74) is 0. The molecule has 1 N–H and O–H groups in total. The third-order valence-corrected chi connectivity index (χ3v) is 2.43. The fourth-order valence-corrected chi connectivity index (χ4v) is 1.70. The summed E-state index contributed by atoms with van der Waals surface area (Å²) < 4.78 is 38.0. The third-order valence-electron chi connectivity index (χ3n) is 2.43. The summed E-state index contributed by atoms with van der Waals surface area (Å²) in [6.45, 7) is 0.280. The second-order valence-corrected chi connectivity index (χ2v) is 3.55. The van der Waals surface area contributed by atoms with E-state index in [-0.39, 0.29) is 12.4 Å². The van der Waals surface area contributed by atoms with E-state index in [0.717, 1.165) is 4.68 Å². The average Bonchev–Trinajstić information content (AvgIpc) is 2.59. The highest BCUT2D eigenvalue weighted by atomic mass is 19.4. The molecule has 0 radical (unpaired) electrons. The van der Waals surface area contributed by atoms with E-state index in [4.69, 9.17) is 5.11 Å². The minimum atomic E-state index is -4.63. The van der Waals surface area contributed by atoms with E-state index in [9.17, 15) is 18.0 Å². The molecule has 0 aliphatic carbocycles. The molecule has 88 valence electrons. The Labute approximate surface area is 87.9 Å². The summed E-state index contributed by atoms with van der Waals surface area (Å²) in [5, 5.41) is 12.1. The number of rotatable bonds is 1. The molecule has 2 rings (SSSR count). The van der Waals surface area contributed by atoms with Gasteiger partial charge >= 0.3 is 12.1 Å². The van der Waals surface area contributed by atoms with Gasteiger partial charge in [0.1, 0.15) is 11.7 Å². The molecule has 0 saturated carbocycles. The van der Waals surface area contributed by atoms with Crippen molar-refractivity contribution in [2.75, 3.05) is 0 Å². The molecule has 1 aromatic heterocycles. The zero-order valence-corrected chi connectivity index (χ0v) is 8.03. The number of carboxylic acids is 1. The van der Waals surface area contributed by atoms with Crippen molar-refractivity contribution >= 4 is 5.97 Å². The quantitative estimate of drug-likeness (QED) is 0.795. The lowest BCUT2D eigenvalue weighted by atomic mass is 10.00. The zero-order chi connectivity index (χ0) is 11.9. The predicted molar refractivity (Wildman–Crippen MR) is 44.6 cm³/mol.